The molecule has 5 nitrogen and oxygen atoms in total. The fraction of sp³-hybridized carbons (Fsp3) is 0.300. The van der Waals surface area contributed by atoms with Crippen molar-refractivity contribution in [1.29, 1.82) is 0 Å². The SMILES string of the molecule is CCC(C(=O)N(CC)C(CC)c1nc2ccccc2c(=O)n1-c1ccc(C)cc1)c1ccccc1. The first-order valence-electron chi connectivity index (χ1n) is 12.4. The number of hydrogen-bond donors (Lipinski definition) is 0. The average Bonchev–Trinajstić information content (AvgIpc) is 2.89. The second kappa shape index (κ2) is 10.7. The molecule has 0 N–H and O–H groups in total. The molecule has 35 heavy (non-hydrogen) atoms. The number of para-hydroxylation sites is 1. The molecule has 3 aromatic carbocycles. The zero-order chi connectivity index (χ0) is 24.9. The van der Waals surface area contributed by atoms with Crippen molar-refractivity contribution < 1.29 is 4.79 Å². The predicted molar refractivity (Wildman–Crippen MR) is 142 cm³/mol. The van der Waals surface area contributed by atoms with Crippen LogP contribution in [0.25, 0.3) is 16.6 Å². The molecule has 2 unspecified atom stereocenters. The van der Waals surface area contributed by atoms with Gasteiger partial charge in [-0.15, -0.1) is 0 Å². The largest absolute Gasteiger partial charge is 0.332 e. The van der Waals surface area contributed by atoms with Gasteiger partial charge in [0, 0.05) is 6.54 Å². The Morgan fingerprint density at radius 1 is 0.886 bits per heavy atom. The van der Waals surface area contributed by atoms with E-state index in [2.05, 4.69) is 0 Å². The van der Waals surface area contributed by atoms with Gasteiger partial charge in [0.25, 0.3) is 5.56 Å². The van der Waals surface area contributed by atoms with Gasteiger partial charge in [-0.25, -0.2) is 4.98 Å². The van der Waals surface area contributed by atoms with E-state index in [1.807, 2.05) is 111 Å². The molecule has 0 saturated heterocycles. The van der Waals surface area contributed by atoms with Crippen LogP contribution in [0.1, 0.15) is 62.5 Å². The van der Waals surface area contributed by atoms with Crippen LogP contribution in [0.4, 0.5) is 0 Å². The first kappa shape index (κ1) is 24.4. The van der Waals surface area contributed by atoms with Crippen molar-refractivity contribution in [3.63, 3.8) is 0 Å². The van der Waals surface area contributed by atoms with Gasteiger partial charge in [0.2, 0.25) is 5.91 Å². The first-order valence-corrected chi connectivity index (χ1v) is 12.4. The summed E-state index contributed by atoms with van der Waals surface area (Å²) in [5, 5.41) is 0.566. The highest BCUT2D eigenvalue weighted by Crippen LogP contribution is 2.30. The zero-order valence-electron chi connectivity index (χ0n) is 20.9. The molecule has 0 spiro atoms. The third-order valence-electron chi connectivity index (χ3n) is 6.69. The van der Waals surface area contributed by atoms with Gasteiger partial charge in [0.05, 0.1) is 28.6 Å². The smallest absolute Gasteiger partial charge is 0.266 e. The minimum atomic E-state index is -0.344. The summed E-state index contributed by atoms with van der Waals surface area (Å²) in [5.74, 6) is 0.411. The Morgan fingerprint density at radius 2 is 1.54 bits per heavy atom. The highest BCUT2D eigenvalue weighted by molar-refractivity contribution is 5.84. The lowest BCUT2D eigenvalue weighted by atomic mass is 9.94. The molecule has 0 aliphatic carbocycles. The summed E-state index contributed by atoms with van der Waals surface area (Å²) in [6.45, 7) is 8.63. The number of carbonyl (C=O) groups is 1. The second-order valence-corrected chi connectivity index (χ2v) is 8.88. The molecule has 1 aromatic heterocycles. The van der Waals surface area contributed by atoms with Crippen LogP contribution in [0.15, 0.2) is 83.7 Å². The summed E-state index contributed by atoms with van der Waals surface area (Å²) in [6, 6.07) is 24.9. The molecule has 0 aliphatic heterocycles. The molecule has 0 saturated carbocycles. The normalized spacial score (nSPS) is 12.9. The molecule has 4 rings (SSSR count). The minimum Gasteiger partial charge on any atom is -0.332 e. The molecule has 180 valence electrons. The predicted octanol–water partition coefficient (Wildman–Crippen LogP) is 6.19. The summed E-state index contributed by atoms with van der Waals surface area (Å²) >= 11 is 0. The summed E-state index contributed by atoms with van der Waals surface area (Å²) in [4.78, 5) is 34.6. The van der Waals surface area contributed by atoms with Gasteiger partial charge in [0.1, 0.15) is 5.82 Å². The average molecular weight is 468 g/mol. The quantitative estimate of drug-likeness (QED) is 0.311. The number of nitrogens with zero attached hydrogens (tertiary/aromatic N) is 3. The Balaban J connectivity index is 1.89. The Kier molecular flexibility index (Phi) is 7.45. The van der Waals surface area contributed by atoms with Crippen molar-refractivity contribution >= 4 is 16.8 Å². The van der Waals surface area contributed by atoms with E-state index in [9.17, 15) is 9.59 Å². The Morgan fingerprint density at radius 3 is 2.17 bits per heavy atom. The Bertz CT molecular complexity index is 1360. The van der Waals surface area contributed by atoms with Crippen molar-refractivity contribution in [3.8, 4) is 5.69 Å². The molecule has 0 radical (unpaired) electrons. The monoisotopic (exact) mass is 467 g/mol. The van der Waals surface area contributed by atoms with Crippen LogP contribution in [-0.2, 0) is 4.79 Å². The van der Waals surface area contributed by atoms with Crippen molar-refractivity contribution in [3.05, 3.63) is 106 Å². The van der Waals surface area contributed by atoms with Crippen LogP contribution in [0.3, 0.4) is 0 Å². The fourth-order valence-corrected chi connectivity index (χ4v) is 4.83. The topological polar surface area (TPSA) is 55.2 Å². The van der Waals surface area contributed by atoms with E-state index in [0.717, 1.165) is 16.8 Å². The van der Waals surface area contributed by atoms with Gasteiger partial charge in [0.15, 0.2) is 0 Å². The van der Waals surface area contributed by atoms with E-state index in [4.69, 9.17) is 4.98 Å². The summed E-state index contributed by atoms with van der Waals surface area (Å²) < 4.78 is 1.69. The Labute approximate surface area is 207 Å². The lowest BCUT2D eigenvalue weighted by Gasteiger charge is -2.34. The third kappa shape index (κ3) is 4.76. The van der Waals surface area contributed by atoms with Crippen LogP contribution in [0, 0.1) is 6.92 Å². The molecule has 1 amide bonds. The maximum absolute atomic E-state index is 13.9. The van der Waals surface area contributed by atoms with E-state index < -0.39 is 0 Å². The first-order chi connectivity index (χ1) is 17.0. The molecule has 4 aromatic rings. The standard InChI is InChI=1S/C30H33N3O2/c1-5-24(22-13-9-8-10-14-22)29(34)32(7-3)27(6-2)28-31-26-16-12-11-15-25(26)30(35)33(28)23-19-17-21(4)18-20-23/h8-20,24,27H,5-7H2,1-4H3. The van der Waals surface area contributed by atoms with E-state index in [-0.39, 0.29) is 23.4 Å². The number of aryl methyl sites for hydroxylation is 1. The van der Waals surface area contributed by atoms with Crippen LogP contribution in [0.2, 0.25) is 0 Å². The van der Waals surface area contributed by atoms with Gasteiger partial charge in [-0.2, -0.15) is 0 Å². The lowest BCUT2D eigenvalue weighted by molar-refractivity contribution is -0.135. The zero-order valence-corrected chi connectivity index (χ0v) is 20.9. The molecule has 1 heterocycles. The number of carbonyl (C=O) groups excluding carboxylic acids is 1. The molecular weight excluding hydrogens is 434 g/mol. The van der Waals surface area contributed by atoms with Crippen molar-refractivity contribution in [2.24, 2.45) is 0 Å². The molecule has 2 atom stereocenters. The summed E-state index contributed by atoms with van der Waals surface area (Å²) in [5.41, 5.74) is 3.41. The molecule has 5 heteroatoms. The summed E-state index contributed by atoms with van der Waals surface area (Å²) in [7, 11) is 0. The third-order valence-corrected chi connectivity index (χ3v) is 6.69. The molecule has 0 aliphatic rings. The number of benzene rings is 3. The maximum atomic E-state index is 13.9. The summed E-state index contributed by atoms with van der Waals surface area (Å²) in [6.07, 6.45) is 1.34. The van der Waals surface area contributed by atoms with Gasteiger partial charge in [-0.3, -0.25) is 14.2 Å². The number of amides is 1. The molecule has 0 bridgehead atoms. The van der Waals surface area contributed by atoms with E-state index in [0.29, 0.717) is 36.1 Å². The number of hydrogen-bond acceptors (Lipinski definition) is 3. The van der Waals surface area contributed by atoms with Gasteiger partial charge >= 0.3 is 0 Å². The maximum Gasteiger partial charge on any atom is 0.266 e. The number of likely N-dealkylation sites (N-methyl/N-ethyl adjacent to an activating group) is 1. The van der Waals surface area contributed by atoms with Gasteiger partial charge in [-0.1, -0.05) is 74.0 Å². The van der Waals surface area contributed by atoms with Crippen molar-refractivity contribution in [2.45, 2.75) is 52.5 Å². The van der Waals surface area contributed by atoms with Crippen LogP contribution < -0.4 is 5.56 Å². The lowest BCUT2D eigenvalue weighted by Crippen LogP contribution is -2.40. The van der Waals surface area contributed by atoms with Crippen LogP contribution in [-0.4, -0.2) is 26.9 Å². The van der Waals surface area contributed by atoms with E-state index in [1.54, 1.807) is 4.57 Å². The molecule has 0 fully saturated rings. The molecular formula is C30H33N3O2. The van der Waals surface area contributed by atoms with Crippen LogP contribution >= 0.6 is 0 Å². The Hall–Kier alpha value is -3.73. The number of fused-ring (bicyclic) bond motifs is 1. The van der Waals surface area contributed by atoms with Crippen molar-refractivity contribution in [1.82, 2.24) is 14.5 Å². The number of aromatic nitrogens is 2. The number of rotatable bonds is 8. The van der Waals surface area contributed by atoms with Crippen molar-refractivity contribution in [2.75, 3.05) is 6.54 Å². The minimum absolute atomic E-state index is 0.0610. The van der Waals surface area contributed by atoms with Gasteiger partial charge < -0.3 is 4.90 Å². The fourth-order valence-electron chi connectivity index (χ4n) is 4.83. The van der Waals surface area contributed by atoms with E-state index in [1.165, 1.54) is 0 Å². The van der Waals surface area contributed by atoms with E-state index >= 15 is 0 Å². The second-order valence-electron chi connectivity index (χ2n) is 8.88. The van der Waals surface area contributed by atoms with Crippen LogP contribution in [0.5, 0.6) is 0 Å². The van der Waals surface area contributed by atoms with Gasteiger partial charge in [-0.05, 0) is 56.5 Å². The highest BCUT2D eigenvalue weighted by atomic mass is 16.2. The highest BCUT2D eigenvalue weighted by Gasteiger charge is 2.32.